The van der Waals surface area contributed by atoms with Crippen molar-refractivity contribution in [2.45, 2.75) is 6.92 Å². The fourth-order valence-corrected chi connectivity index (χ4v) is 0.745. The maximum atomic E-state index is 10.5. The Bertz CT molecular complexity index is 133. The predicted molar refractivity (Wildman–Crippen MR) is 41.4 cm³/mol. The lowest BCUT2D eigenvalue weighted by molar-refractivity contribution is -0.127. The predicted octanol–water partition coefficient (Wildman–Crippen LogP) is 1.37. The molecule has 0 saturated carbocycles. The van der Waals surface area contributed by atoms with Gasteiger partial charge in [-0.15, -0.1) is 0 Å². The Hall–Kier alpha value is -0.310. The number of amides is 1. The van der Waals surface area contributed by atoms with Crippen LogP contribution in [0.1, 0.15) is 6.92 Å². The van der Waals surface area contributed by atoms with Crippen LogP contribution in [0.15, 0.2) is 11.1 Å². The molecule has 0 aromatic rings. The fraction of sp³-hybridized carbons (Fsp3) is 0.500. The van der Waals surface area contributed by atoms with Gasteiger partial charge in [0, 0.05) is 18.5 Å². The van der Waals surface area contributed by atoms with Crippen LogP contribution in [-0.2, 0) is 4.79 Å². The van der Waals surface area contributed by atoms with Crippen molar-refractivity contribution in [3.63, 3.8) is 0 Å². The number of rotatable bonds is 2. The van der Waals surface area contributed by atoms with Crippen LogP contribution in [0, 0.1) is 0 Å². The summed E-state index contributed by atoms with van der Waals surface area (Å²) in [6.45, 7) is 5.70. The zero-order valence-electron chi connectivity index (χ0n) is 5.65. The van der Waals surface area contributed by atoms with Crippen LogP contribution in [0.5, 0.6) is 0 Å². The summed E-state index contributed by atoms with van der Waals surface area (Å²) in [6, 6.07) is 0. The van der Waals surface area contributed by atoms with E-state index in [0.29, 0.717) is 6.54 Å². The molecule has 0 aromatic carbocycles. The number of likely N-dealkylation sites (N-methyl/N-ethyl adjacent to an activating group) is 1. The molecular weight excluding hydrogens is 182 g/mol. The summed E-state index contributed by atoms with van der Waals surface area (Å²) in [5.41, 5.74) is 0. The van der Waals surface area contributed by atoms with E-state index in [9.17, 15) is 4.79 Å². The molecule has 0 heterocycles. The Morgan fingerprint density at radius 1 is 1.78 bits per heavy atom. The first-order valence-electron chi connectivity index (χ1n) is 2.59. The summed E-state index contributed by atoms with van der Waals surface area (Å²) < 4.78 is 0.820. The average Bonchev–Trinajstić information content (AvgIpc) is 1.63. The molecule has 0 spiro atoms. The molecule has 3 heteroatoms. The van der Waals surface area contributed by atoms with E-state index in [-0.39, 0.29) is 5.91 Å². The van der Waals surface area contributed by atoms with Gasteiger partial charge in [-0.05, 0) is 0 Å². The van der Waals surface area contributed by atoms with Gasteiger partial charge in [0.2, 0.25) is 5.91 Å². The Balaban J connectivity index is 3.63. The standard InChI is InChI=1S/C6H10BrNO/c1-5(7)4-8(3)6(2)9/h1,4H2,2-3H3. The lowest BCUT2D eigenvalue weighted by Gasteiger charge is -2.12. The third-order valence-electron chi connectivity index (χ3n) is 0.946. The molecule has 0 radical (unpaired) electrons. The molecule has 0 fully saturated rings. The first-order chi connectivity index (χ1) is 4.04. The van der Waals surface area contributed by atoms with E-state index < -0.39 is 0 Å². The van der Waals surface area contributed by atoms with Crippen LogP contribution in [0.2, 0.25) is 0 Å². The number of carbonyl (C=O) groups is 1. The van der Waals surface area contributed by atoms with Crippen LogP contribution in [0.4, 0.5) is 0 Å². The van der Waals surface area contributed by atoms with Gasteiger partial charge in [0.25, 0.3) is 0 Å². The highest BCUT2D eigenvalue weighted by Crippen LogP contribution is 2.01. The van der Waals surface area contributed by atoms with Gasteiger partial charge in [0.05, 0.1) is 6.54 Å². The van der Waals surface area contributed by atoms with E-state index in [1.807, 2.05) is 0 Å². The van der Waals surface area contributed by atoms with Crippen molar-refractivity contribution in [3.8, 4) is 0 Å². The zero-order valence-corrected chi connectivity index (χ0v) is 7.23. The van der Waals surface area contributed by atoms with E-state index in [1.165, 1.54) is 6.92 Å². The highest BCUT2D eigenvalue weighted by molar-refractivity contribution is 9.11. The van der Waals surface area contributed by atoms with Crippen molar-refractivity contribution in [3.05, 3.63) is 11.1 Å². The van der Waals surface area contributed by atoms with E-state index in [0.717, 1.165) is 4.48 Å². The number of hydrogen-bond donors (Lipinski definition) is 0. The quantitative estimate of drug-likeness (QED) is 0.647. The van der Waals surface area contributed by atoms with Crippen molar-refractivity contribution in [1.82, 2.24) is 4.90 Å². The molecule has 0 aliphatic carbocycles. The molecule has 9 heavy (non-hydrogen) atoms. The maximum Gasteiger partial charge on any atom is 0.219 e. The third kappa shape index (κ3) is 4.21. The normalized spacial score (nSPS) is 8.78. The second kappa shape index (κ2) is 3.67. The topological polar surface area (TPSA) is 20.3 Å². The summed E-state index contributed by atoms with van der Waals surface area (Å²) in [5.74, 6) is 0.0515. The number of carbonyl (C=O) groups excluding carboxylic acids is 1. The summed E-state index contributed by atoms with van der Waals surface area (Å²) in [6.07, 6.45) is 0. The number of halogens is 1. The zero-order chi connectivity index (χ0) is 7.44. The first kappa shape index (κ1) is 8.69. The van der Waals surface area contributed by atoms with Crippen molar-refractivity contribution in [2.75, 3.05) is 13.6 Å². The molecule has 0 saturated heterocycles. The smallest absolute Gasteiger partial charge is 0.219 e. The van der Waals surface area contributed by atoms with Gasteiger partial charge < -0.3 is 4.90 Å². The second-order valence-corrected chi connectivity index (χ2v) is 3.01. The maximum absolute atomic E-state index is 10.5. The number of nitrogens with zero attached hydrogens (tertiary/aromatic N) is 1. The first-order valence-corrected chi connectivity index (χ1v) is 3.38. The molecule has 52 valence electrons. The van der Waals surface area contributed by atoms with Crippen LogP contribution >= 0.6 is 15.9 Å². The minimum atomic E-state index is 0.0515. The molecule has 0 atom stereocenters. The Morgan fingerprint density at radius 3 is 2.33 bits per heavy atom. The molecular formula is C6H10BrNO. The molecule has 0 aliphatic heterocycles. The Labute approximate surface area is 63.7 Å². The molecule has 0 rings (SSSR count). The third-order valence-corrected chi connectivity index (χ3v) is 1.20. The van der Waals surface area contributed by atoms with Crippen molar-refractivity contribution >= 4 is 21.8 Å². The largest absolute Gasteiger partial charge is 0.341 e. The van der Waals surface area contributed by atoms with E-state index in [1.54, 1.807) is 11.9 Å². The van der Waals surface area contributed by atoms with E-state index in [2.05, 4.69) is 22.5 Å². The van der Waals surface area contributed by atoms with Crippen LogP contribution in [0.25, 0.3) is 0 Å². The van der Waals surface area contributed by atoms with Gasteiger partial charge in [0.1, 0.15) is 0 Å². The minimum absolute atomic E-state index is 0.0515. The lowest BCUT2D eigenvalue weighted by Crippen LogP contribution is -2.24. The van der Waals surface area contributed by atoms with Gasteiger partial charge >= 0.3 is 0 Å². The summed E-state index contributed by atoms with van der Waals surface area (Å²) in [7, 11) is 1.73. The molecule has 0 bridgehead atoms. The van der Waals surface area contributed by atoms with Crippen molar-refractivity contribution in [2.24, 2.45) is 0 Å². The summed E-state index contributed by atoms with van der Waals surface area (Å²) >= 11 is 3.15. The van der Waals surface area contributed by atoms with Crippen LogP contribution in [0.3, 0.4) is 0 Å². The monoisotopic (exact) mass is 191 g/mol. The van der Waals surface area contributed by atoms with Gasteiger partial charge in [-0.3, -0.25) is 4.79 Å². The van der Waals surface area contributed by atoms with Gasteiger partial charge in [0.15, 0.2) is 0 Å². The van der Waals surface area contributed by atoms with Gasteiger partial charge in [-0.25, -0.2) is 0 Å². The van der Waals surface area contributed by atoms with Crippen molar-refractivity contribution in [1.29, 1.82) is 0 Å². The molecule has 2 nitrogen and oxygen atoms in total. The summed E-state index contributed by atoms with van der Waals surface area (Å²) in [4.78, 5) is 12.1. The van der Waals surface area contributed by atoms with Gasteiger partial charge in [-0.2, -0.15) is 0 Å². The highest BCUT2D eigenvalue weighted by atomic mass is 79.9. The summed E-state index contributed by atoms with van der Waals surface area (Å²) in [5, 5.41) is 0. The highest BCUT2D eigenvalue weighted by Gasteiger charge is 2.00. The SMILES string of the molecule is C=C(Br)CN(C)C(C)=O. The number of hydrogen-bond acceptors (Lipinski definition) is 1. The second-order valence-electron chi connectivity index (χ2n) is 1.89. The Morgan fingerprint density at radius 2 is 2.22 bits per heavy atom. The van der Waals surface area contributed by atoms with E-state index in [4.69, 9.17) is 0 Å². The molecule has 0 N–H and O–H groups in total. The molecule has 1 amide bonds. The van der Waals surface area contributed by atoms with Crippen LogP contribution < -0.4 is 0 Å². The fourth-order valence-electron chi connectivity index (χ4n) is 0.369. The van der Waals surface area contributed by atoms with Crippen LogP contribution in [-0.4, -0.2) is 24.4 Å². The molecule has 0 aliphatic rings. The molecule has 0 aromatic heterocycles. The van der Waals surface area contributed by atoms with E-state index >= 15 is 0 Å². The Kier molecular flexibility index (Phi) is 3.54. The molecule has 0 unspecified atom stereocenters. The lowest BCUT2D eigenvalue weighted by atomic mass is 10.5. The average molecular weight is 192 g/mol. The minimum Gasteiger partial charge on any atom is -0.341 e. The van der Waals surface area contributed by atoms with Gasteiger partial charge in [-0.1, -0.05) is 22.5 Å². The van der Waals surface area contributed by atoms with Crippen molar-refractivity contribution < 1.29 is 4.79 Å².